The second-order valence-electron chi connectivity index (χ2n) is 13.6. The topological polar surface area (TPSA) is 148 Å². The summed E-state index contributed by atoms with van der Waals surface area (Å²) in [7, 11) is 0. The summed E-state index contributed by atoms with van der Waals surface area (Å²) in [5, 5.41) is 31.4. The van der Waals surface area contributed by atoms with Crippen molar-refractivity contribution in [1.29, 1.82) is 0 Å². The molecule has 0 unspecified atom stereocenters. The molecule has 0 radical (unpaired) electrons. The Bertz CT molecular complexity index is 1500. The van der Waals surface area contributed by atoms with Gasteiger partial charge in [0.1, 0.15) is 11.8 Å². The number of phenolic OH excluding ortho intramolecular Hbond substituents is 1. The molecule has 2 amide bonds. The van der Waals surface area contributed by atoms with Gasteiger partial charge in [0.2, 0.25) is 11.8 Å². The van der Waals surface area contributed by atoms with E-state index in [0.717, 1.165) is 56.8 Å². The van der Waals surface area contributed by atoms with E-state index in [9.17, 15) is 19.8 Å². The Morgan fingerprint density at radius 2 is 1.67 bits per heavy atom. The molecule has 2 aliphatic rings. The van der Waals surface area contributed by atoms with Gasteiger partial charge in [0, 0.05) is 63.4 Å². The Morgan fingerprint density at radius 1 is 0.978 bits per heavy atom. The number of hydrogen-bond donors (Lipinski definition) is 4. The zero-order valence-corrected chi connectivity index (χ0v) is 27.2. The minimum absolute atomic E-state index is 0.103. The van der Waals surface area contributed by atoms with Gasteiger partial charge in [-0.15, -0.1) is 10.2 Å². The highest BCUT2D eigenvalue weighted by molar-refractivity contribution is 5.88. The summed E-state index contributed by atoms with van der Waals surface area (Å²) in [6.07, 6.45) is 1.21. The number of piperazine rings is 1. The van der Waals surface area contributed by atoms with Gasteiger partial charge in [-0.25, -0.2) is 0 Å². The van der Waals surface area contributed by atoms with Crippen molar-refractivity contribution in [2.45, 2.75) is 58.7 Å². The van der Waals surface area contributed by atoms with Crippen molar-refractivity contribution >= 4 is 17.6 Å². The van der Waals surface area contributed by atoms with Crippen molar-refractivity contribution < 1.29 is 19.8 Å². The number of nitrogens with zero attached hydrogens (tertiary/aromatic N) is 5. The van der Waals surface area contributed by atoms with Crippen LogP contribution in [0.2, 0.25) is 0 Å². The number of aliphatic hydroxyl groups is 1. The third kappa shape index (κ3) is 8.39. The molecule has 2 aromatic carbocycles. The van der Waals surface area contributed by atoms with Gasteiger partial charge in [-0.2, -0.15) is 0 Å². The van der Waals surface area contributed by atoms with Crippen LogP contribution in [-0.4, -0.2) is 105 Å². The molecular weight excluding hydrogens is 582 g/mol. The average molecular weight is 630 g/mol. The number of para-hydroxylation sites is 1. The van der Waals surface area contributed by atoms with E-state index in [4.69, 9.17) is 5.73 Å². The lowest BCUT2D eigenvalue weighted by molar-refractivity contribution is -0.138. The first kappa shape index (κ1) is 33.3. The van der Waals surface area contributed by atoms with Crippen LogP contribution in [-0.2, 0) is 16.1 Å². The number of β-amino-alcohol motifs (C(OH)–C–C–N with tert-alkyl or cyclic N) is 1. The van der Waals surface area contributed by atoms with E-state index >= 15 is 0 Å². The first-order chi connectivity index (χ1) is 22.0. The van der Waals surface area contributed by atoms with Crippen molar-refractivity contribution in [2.24, 2.45) is 5.41 Å². The third-order valence-corrected chi connectivity index (χ3v) is 8.91. The maximum Gasteiger partial charge on any atom is 0.245 e. The van der Waals surface area contributed by atoms with Gasteiger partial charge >= 0.3 is 0 Å². The molecule has 2 atom stereocenters. The number of amides is 2. The van der Waals surface area contributed by atoms with Crippen LogP contribution >= 0.6 is 0 Å². The largest absolute Gasteiger partial charge is 0.507 e. The summed E-state index contributed by atoms with van der Waals surface area (Å²) in [6, 6.07) is 16.6. The molecule has 2 aliphatic heterocycles. The van der Waals surface area contributed by atoms with E-state index in [-0.39, 0.29) is 17.6 Å². The number of hydrogen-bond acceptors (Lipinski definition) is 9. The fourth-order valence-corrected chi connectivity index (χ4v) is 6.14. The first-order valence-corrected chi connectivity index (χ1v) is 16.2. The van der Waals surface area contributed by atoms with Crippen molar-refractivity contribution in [3.8, 4) is 28.1 Å². The van der Waals surface area contributed by atoms with Crippen LogP contribution in [0.15, 0.2) is 54.6 Å². The van der Waals surface area contributed by atoms with Gasteiger partial charge < -0.3 is 31.1 Å². The van der Waals surface area contributed by atoms with Crippen LogP contribution < -0.4 is 11.1 Å². The summed E-state index contributed by atoms with van der Waals surface area (Å²) in [5.41, 5.74) is 9.85. The molecule has 3 heterocycles. The molecule has 3 aromatic rings. The van der Waals surface area contributed by atoms with Crippen LogP contribution in [0.5, 0.6) is 5.75 Å². The van der Waals surface area contributed by atoms with Gasteiger partial charge in [0.15, 0.2) is 5.82 Å². The summed E-state index contributed by atoms with van der Waals surface area (Å²) in [6.45, 7) is 12.2. The number of rotatable bonds is 10. The Labute approximate surface area is 271 Å². The highest BCUT2D eigenvalue weighted by Gasteiger charge is 2.37. The molecule has 5 rings (SSSR count). The minimum atomic E-state index is -0.608. The molecule has 2 saturated heterocycles. The van der Waals surface area contributed by atoms with Crippen LogP contribution in [0.25, 0.3) is 22.4 Å². The molecule has 246 valence electrons. The lowest BCUT2D eigenvalue weighted by Gasteiger charge is -2.35. The summed E-state index contributed by atoms with van der Waals surface area (Å²) >= 11 is 0. The smallest absolute Gasteiger partial charge is 0.245 e. The van der Waals surface area contributed by atoms with E-state index < -0.39 is 17.6 Å². The maximum absolute atomic E-state index is 13.1. The van der Waals surface area contributed by atoms with E-state index in [2.05, 4.69) is 37.4 Å². The number of anilines is 1. The number of benzene rings is 2. The van der Waals surface area contributed by atoms with Gasteiger partial charge in [-0.1, -0.05) is 57.2 Å². The molecule has 1 aromatic heterocycles. The third-order valence-electron chi connectivity index (χ3n) is 8.91. The highest BCUT2D eigenvalue weighted by Crippen LogP contribution is 2.32. The van der Waals surface area contributed by atoms with Crippen LogP contribution in [0, 0.1) is 5.41 Å². The SMILES string of the molecule is CC(C)(C)[C@H](NC(=O)CCCN1CCN(Cc2ccc(-c3cc(-c4ccccc4O)nnc3N)cc2)CC1)C(=O)N1CC[C@@H](O)C1. The maximum atomic E-state index is 13.1. The van der Waals surface area contributed by atoms with Crippen molar-refractivity contribution in [2.75, 3.05) is 51.5 Å². The molecular formula is C35H47N7O4. The number of carbonyl (C=O) groups is 2. The Morgan fingerprint density at radius 3 is 2.33 bits per heavy atom. The Balaban J connectivity index is 1.06. The summed E-state index contributed by atoms with van der Waals surface area (Å²) < 4.78 is 0. The van der Waals surface area contributed by atoms with Gasteiger partial charge in [0.05, 0.1) is 11.8 Å². The quantitative estimate of drug-likeness (QED) is 0.266. The van der Waals surface area contributed by atoms with E-state index in [1.807, 2.05) is 45.0 Å². The number of phenols is 1. The van der Waals surface area contributed by atoms with Gasteiger partial charge in [-0.05, 0) is 54.1 Å². The summed E-state index contributed by atoms with van der Waals surface area (Å²) in [5.74, 6) is 0.270. The number of nitrogens with one attached hydrogen (secondary N) is 1. The molecule has 0 spiro atoms. The van der Waals surface area contributed by atoms with Crippen molar-refractivity contribution in [1.82, 2.24) is 30.2 Å². The Kier molecular flexibility index (Phi) is 10.6. The van der Waals surface area contributed by atoms with Crippen LogP contribution in [0.1, 0.15) is 45.6 Å². The predicted molar refractivity (Wildman–Crippen MR) is 179 cm³/mol. The second-order valence-corrected chi connectivity index (χ2v) is 13.6. The molecule has 11 heteroatoms. The van der Waals surface area contributed by atoms with E-state index in [1.165, 1.54) is 5.56 Å². The fourth-order valence-electron chi connectivity index (χ4n) is 6.14. The minimum Gasteiger partial charge on any atom is -0.507 e. The molecule has 11 nitrogen and oxygen atoms in total. The van der Waals surface area contributed by atoms with E-state index in [1.54, 1.807) is 23.1 Å². The molecule has 2 fully saturated rings. The zero-order chi connectivity index (χ0) is 32.8. The fraction of sp³-hybridized carbons (Fsp3) is 0.486. The number of aliphatic hydroxyl groups excluding tert-OH is 1. The first-order valence-electron chi connectivity index (χ1n) is 16.2. The second kappa shape index (κ2) is 14.6. The monoisotopic (exact) mass is 629 g/mol. The zero-order valence-electron chi connectivity index (χ0n) is 27.2. The number of aromatic hydroxyl groups is 1. The average Bonchev–Trinajstić information content (AvgIpc) is 3.47. The van der Waals surface area contributed by atoms with Crippen molar-refractivity contribution in [3.05, 3.63) is 60.2 Å². The summed E-state index contributed by atoms with van der Waals surface area (Å²) in [4.78, 5) is 32.4. The normalized spacial score (nSPS) is 18.4. The molecule has 5 N–H and O–H groups in total. The molecule has 0 aliphatic carbocycles. The number of nitrogens with two attached hydrogens (primary N) is 1. The van der Waals surface area contributed by atoms with E-state index in [0.29, 0.717) is 43.0 Å². The van der Waals surface area contributed by atoms with Crippen molar-refractivity contribution in [3.63, 3.8) is 0 Å². The lowest BCUT2D eigenvalue weighted by atomic mass is 9.85. The highest BCUT2D eigenvalue weighted by atomic mass is 16.3. The van der Waals surface area contributed by atoms with Gasteiger partial charge in [0.25, 0.3) is 0 Å². The lowest BCUT2D eigenvalue weighted by Crippen LogP contribution is -2.54. The standard InChI is InChI=1S/C35H47N7O4/c1-35(2,3)32(34(46)42-16-14-26(43)23-42)37-31(45)9-6-15-40-17-19-41(20-18-40)22-24-10-12-25(13-11-24)28-21-29(38-39-33(28)36)27-7-4-5-8-30(27)44/h4-5,7-8,10-13,21,26,32,43-44H,6,9,14-20,22-23H2,1-3H3,(H2,36,39)(H,37,45)/t26-,32-/m1/s1. The molecule has 0 saturated carbocycles. The van der Waals surface area contributed by atoms with Crippen LogP contribution in [0.3, 0.4) is 0 Å². The van der Waals surface area contributed by atoms with Gasteiger partial charge in [-0.3, -0.25) is 14.5 Å². The number of likely N-dealkylation sites (tertiary alicyclic amines) is 1. The predicted octanol–water partition coefficient (Wildman–Crippen LogP) is 3.12. The number of carbonyl (C=O) groups excluding carboxylic acids is 2. The Hall–Kier alpha value is -4.06. The number of aromatic nitrogens is 2. The van der Waals surface area contributed by atoms with Crippen LogP contribution in [0.4, 0.5) is 5.82 Å². The molecule has 0 bridgehead atoms. The molecule has 46 heavy (non-hydrogen) atoms. The number of nitrogen functional groups attached to an aromatic ring is 1.